The largest absolute Gasteiger partial charge is 0.381 e. The predicted molar refractivity (Wildman–Crippen MR) is 115 cm³/mol. The highest BCUT2D eigenvalue weighted by Crippen LogP contribution is 2.17. The van der Waals surface area contributed by atoms with E-state index in [4.69, 9.17) is 23.2 Å². The molecule has 0 unspecified atom stereocenters. The zero-order valence-electron chi connectivity index (χ0n) is 15.4. The van der Waals surface area contributed by atoms with Gasteiger partial charge in [0.2, 0.25) is 10.0 Å². The number of halogens is 2. The number of sulfonamides is 1. The van der Waals surface area contributed by atoms with Gasteiger partial charge in [0.15, 0.2) is 0 Å². The monoisotopic (exact) mass is 452 g/mol. The summed E-state index contributed by atoms with van der Waals surface area (Å²) in [6.07, 6.45) is 1.41. The number of hydrogen-bond donors (Lipinski definition) is 2. The lowest BCUT2D eigenvalue weighted by Gasteiger charge is -2.11. The summed E-state index contributed by atoms with van der Waals surface area (Å²) in [5.41, 5.74) is 1.32. The van der Waals surface area contributed by atoms with Crippen LogP contribution < -0.4 is 15.6 Å². The van der Waals surface area contributed by atoms with E-state index in [0.717, 1.165) is 10.2 Å². The first-order valence-electron chi connectivity index (χ1n) is 8.62. The maximum absolute atomic E-state index is 12.5. The minimum absolute atomic E-state index is 0.0451. The Balaban J connectivity index is 1.64. The Labute approximate surface area is 178 Å². The highest BCUT2D eigenvalue weighted by atomic mass is 35.5. The van der Waals surface area contributed by atoms with Crippen molar-refractivity contribution in [1.29, 1.82) is 0 Å². The Morgan fingerprint density at radius 1 is 1.00 bits per heavy atom. The van der Waals surface area contributed by atoms with Crippen LogP contribution in [0.2, 0.25) is 10.0 Å². The first-order valence-corrected chi connectivity index (χ1v) is 10.9. The van der Waals surface area contributed by atoms with Crippen molar-refractivity contribution in [3.8, 4) is 5.69 Å². The molecule has 0 saturated carbocycles. The van der Waals surface area contributed by atoms with Crippen molar-refractivity contribution in [1.82, 2.24) is 14.5 Å². The van der Waals surface area contributed by atoms with Gasteiger partial charge in [-0.1, -0.05) is 40.9 Å². The van der Waals surface area contributed by atoms with Gasteiger partial charge < -0.3 is 5.32 Å². The molecule has 3 rings (SSSR count). The quantitative estimate of drug-likeness (QED) is 0.536. The van der Waals surface area contributed by atoms with Gasteiger partial charge in [0.05, 0.1) is 22.5 Å². The van der Waals surface area contributed by atoms with Gasteiger partial charge in [0.25, 0.3) is 5.56 Å². The molecule has 1 heterocycles. The fourth-order valence-corrected chi connectivity index (χ4v) is 3.86. The average Bonchev–Trinajstić information content (AvgIpc) is 2.69. The summed E-state index contributed by atoms with van der Waals surface area (Å²) < 4.78 is 28.2. The molecule has 10 heteroatoms. The molecular weight excluding hydrogens is 435 g/mol. The van der Waals surface area contributed by atoms with Gasteiger partial charge >= 0.3 is 0 Å². The number of aryl methyl sites for hydroxylation is 1. The normalized spacial score (nSPS) is 11.4. The fraction of sp³-hybridized carbons (Fsp3) is 0.158. The van der Waals surface area contributed by atoms with E-state index in [9.17, 15) is 13.2 Å². The van der Waals surface area contributed by atoms with E-state index in [1.54, 1.807) is 48.5 Å². The summed E-state index contributed by atoms with van der Waals surface area (Å²) in [6, 6.07) is 13.1. The topological polar surface area (TPSA) is 93.1 Å². The molecule has 0 saturated heterocycles. The van der Waals surface area contributed by atoms with E-state index in [0.29, 0.717) is 16.4 Å². The molecule has 0 amide bonds. The molecule has 0 radical (unpaired) electrons. The molecule has 7 nitrogen and oxygen atoms in total. The third-order valence-electron chi connectivity index (χ3n) is 4.05. The van der Waals surface area contributed by atoms with Crippen LogP contribution >= 0.6 is 23.2 Å². The number of aromatic nitrogens is 2. The number of nitrogens with one attached hydrogen (secondary N) is 2. The van der Waals surface area contributed by atoms with Crippen molar-refractivity contribution in [2.24, 2.45) is 0 Å². The Kier molecular flexibility index (Phi) is 6.59. The zero-order valence-corrected chi connectivity index (χ0v) is 17.7. The molecule has 0 aliphatic rings. The SMILES string of the molecule is Cc1ccc(S(=O)(=O)NCCNc2cnn(-c3ccc(Cl)cc3)c(=O)c2Cl)cc1. The van der Waals surface area contributed by atoms with Gasteiger partial charge in [-0.3, -0.25) is 4.79 Å². The number of rotatable bonds is 7. The van der Waals surface area contributed by atoms with Gasteiger partial charge in [0, 0.05) is 18.1 Å². The third-order valence-corrected chi connectivity index (χ3v) is 6.15. The van der Waals surface area contributed by atoms with Crippen LogP contribution in [0, 0.1) is 6.92 Å². The Morgan fingerprint density at radius 3 is 2.31 bits per heavy atom. The summed E-state index contributed by atoms with van der Waals surface area (Å²) >= 11 is 12.0. The molecule has 1 aromatic heterocycles. The number of hydrogen-bond acceptors (Lipinski definition) is 5. The Bertz CT molecular complexity index is 1160. The second-order valence-electron chi connectivity index (χ2n) is 6.20. The lowest BCUT2D eigenvalue weighted by molar-refractivity contribution is 0.583. The van der Waals surface area contributed by atoms with Crippen LogP contribution in [0.1, 0.15) is 5.56 Å². The smallest absolute Gasteiger partial charge is 0.292 e. The fourth-order valence-electron chi connectivity index (χ4n) is 2.51. The molecule has 0 spiro atoms. The minimum Gasteiger partial charge on any atom is -0.381 e. The number of benzene rings is 2. The van der Waals surface area contributed by atoms with Crippen LogP contribution in [0.5, 0.6) is 0 Å². The number of nitrogens with zero attached hydrogens (tertiary/aromatic N) is 2. The number of anilines is 1. The second kappa shape index (κ2) is 8.96. The Hall–Kier alpha value is -2.39. The van der Waals surface area contributed by atoms with Gasteiger partial charge in [-0.05, 0) is 43.3 Å². The lowest BCUT2D eigenvalue weighted by atomic mass is 10.2. The summed E-state index contributed by atoms with van der Waals surface area (Å²) in [6.45, 7) is 2.20. The molecule has 0 atom stereocenters. The molecule has 0 bridgehead atoms. The zero-order chi connectivity index (χ0) is 21.0. The summed E-state index contributed by atoms with van der Waals surface area (Å²) in [5, 5.41) is 7.51. The molecule has 29 heavy (non-hydrogen) atoms. The van der Waals surface area contributed by atoms with Crippen LogP contribution in [0.15, 0.2) is 64.4 Å². The lowest BCUT2D eigenvalue weighted by Crippen LogP contribution is -2.29. The maximum atomic E-state index is 12.5. The van der Waals surface area contributed by atoms with Gasteiger partial charge in [-0.15, -0.1) is 0 Å². The maximum Gasteiger partial charge on any atom is 0.292 e. The highest BCUT2D eigenvalue weighted by Gasteiger charge is 2.14. The molecule has 152 valence electrons. The van der Waals surface area contributed by atoms with E-state index in [2.05, 4.69) is 15.1 Å². The first kappa shape index (κ1) is 21.3. The van der Waals surface area contributed by atoms with Crippen molar-refractivity contribution < 1.29 is 8.42 Å². The molecule has 0 fully saturated rings. The standard InChI is InChI=1S/C19H18Cl2N4O3S/c1-13-2-8-16(9-3-13)29(27,28)24-11-10-22-17-12-23-25(19(26)18(17)21)15-6-4-14(20)5-7-15/h2-9,12,22,24H,10-11H2,1H3. The molecule has 0 aliphatic carbocycles. The average molecular weight is 453 g/mol. The Morgan fingerprint density at radius 2 is 1.66 bits per heavy atom. The van der Waals surface area contributed by atoms with Crippen molar-refractivity contribution >= 4 is 38.9 Å². The summed E-state index contributed by atoms with van der Waals surface area (Å²) in [5.74, 6) is 0. The van der Waals surface area contributed by atoms with Crippen LogP contribution in [0.25, 0.3) is 5.69 Å². The van der Waals surface area contributed by atoms with Crippen molar-refractivity contribution in [3.63, 3.8) is 0 Å². The first-order chi connectivity index (χ1) is 13.8. The van der Waals surface area contributed by atoms with Crippen molar-refractivity contribution in [2.45, 2.75) is 11.8 Å². The van der Waals surface area contributed by atoms with Crippen LogP contribution in [0.4, 0.5) is 5.69 Å². The minimum atomic E-state index is -3.61. The van der Waals surface area contributed by atoms with E-state index in [-0.39, 0.29) is 23.0 Å². The molecule has 3 aromatic rings. The molecule has 0 aliphatic heterocycles. The van der Waals surface area contributed by atoms with E-state index < -0.39 is 15.6 Å². The van der Waals surface area contributed by atoms with Crippen molar-refractivity contribution in [2.75, 3.05) is 18.4 Å². The van der Waals surface area contributed by atoms with Crippen LogP contribution in [-0.4, -0.2) is 31.3 Å². The van der Waals surface area contributed by atoms with Crippen LogP contribution in [0.3, 0.4) is 0 Å². The summed E-state index contributed by atoms with van der Waals surface area (Å²) in [4.78, 5) is 12.7. The molecular formula is C19H18Cl2N4O3S. The van der Waals surface area contributed by atoms with E-state index in [1.165, 1.54) is 6.20 Å². The van der Waals surface area contributed by atoms with E-state index >= 15 is 0 Å². The third kappa shape index (κ3) is 5.16. The van der Waals surface area contributed by atoms with Gasteiger partial charge in [-0.25, -0.2) is 13.1 Å². The highest BCUT2D eigenvalue weighted by molar-refractivity contribution is 7.89. The predicted octanol–water partition coefficient (Wildman–Crippen LogP) is 3.24. The van der Waals surface area contributed by atoms with Gasteiger partial charge in [0.1, 0.15) is 5.02 Å². The van der Waals surface area contributed by atoms with Crippen molar-refractivity contribution in [3.05, 3.63) is 80.7 Å². The second-order valence-corrected chi connectivity index (χ2v) is 8.78. The molecule has 2 N–H and O–H groups in total. The van der Waals surface area contributed by atoms with E-state index in [1.807, 2.05) is 6.92 Å². The summed E-state index contributed by atoms with van der Waals surface area (Å²) in [7, 11) is -3.61. The van der Waals surface area contributed by atoms with Gasteiger partial charge in [-0.2, -0.15) is 9.78 Å². The molecule has 2 aromatic carbocycles. The van der Waals surface area contributed by atoms with Crippen LogP contribution in [-0.2, 0) is 10.0 Å².